The third kappa shape index (κ3) is 4.67. The number of anilines is 3. The monoisotopic (exact) mass is 516 g/mol. The van der Waals surface area contributed by atoms with Gasteiger partial charge in [0.15, 0.2) is 5.82 Å². The van der Waals surface area contributed by atoms with E-state index in [1.807, 2.05) is 59.8 Å². The largest absolute Gasteiger partial charge is 0.457 e. The van der Waals surface area contributed by atoms with E-state index in [2.05, 4.69) is 25.3 Å². The average molecular weight is 517 g/mol. The highest BCUT2D eigenvalue weighted by molar-refractivity contribution is 5.87. The Hall–Kier alpha value is -4.41. The summed E-state index contributed by atoms with van der Waals surface area (Å²) < 4.78 is 34.2. The number of hydrogen-bond donors (Lipinski definition) is 1. The van der Waals surface area contributed by atoms with Gasteiger partial charge in [-0.1, -0.05) is 0 Å². The number of fused-ring (bicyclic) bond motifs is 2. The van der Waals surface area contributed by atoms with Crippen LogP contribution in [0.2, 0.25) is 0 Å². The third-order valence-corrected chi connectivity index (χ3v) is 6.91. The fourth-order valence-corrected chi connectivity index (χ4v) is 4.72. The number of halogens is 2. The summed E-state index contributed by atoms with van der Waals surface area (Å²) in [5, 5.41) is 3.33. The molecule has 5 aromatic rings. The normalized spacial score (nSPS) is 14.5. The first kappa shape index (κ1) is 24.0. The molecule has 0 aliphatic carbocycles. The Balaban J connectivity index is 1.21. The van der Waals surface area contributed by atoms with Crippen molar-refractivity contribution in [2.45, 2.75) is 26.2 Å². The third-order valence-electron chi connectivity index (χ3n) is 6.91. The van der Waals surface area contributed by atoms with Crippen molar-refractivity contribution in [2.24, 2.45) is 13.0 Å². The van der Waals surface area contributed by atoms with Gasteiger partial charge < -0.3 is 19.5 Å². The molecule has 1 aliphatic rings. The zero-order valence-corrected chi connectivity index (χ0v) is 21.0. The van der Waals surface area contributed by atoms with Crippen LogP contribution in [0.4, 0.5) is 26.2 Å². The van der Waals surface area contributed by atoms with E-state index in [1.165, 1.54) is 6.33 Å². The molecule has 4 heterocycles. The molecule has 0 radical (unpaired) electrons. The van der Waals surface area contributed by atoms with Crippen LogP contribution in [0.1, 0.15) is 18.4 Å². The Labute approximate surface area is 217 Å². The second-order valence-corrected chi connectivity index (χ2v) is 9.50. The zero-order chi connectivity index (χ0) is 26.2. The number of imidazole rings is 1. The van der Waals surface area contributed by atoms with Crippen molar-refractivity contribution < 1.29 is 13.5 Å². The molecule has 194 valence electrons. The van der Waals surface area contributed by atoms with Crippen LogP contribution in [0.5, 0.6) is 11.5 Å². The van der Waals surface area contributed by atoms with Gasteiger partial charge in [-0.05, 0) is 55.7 Å². The maximum Gasteiger partial charge on any atom is 0.241 e. The molecule has 0 saturated carbocycles. The molecule has 0 spiro atoms. The maximum atomic E-state index is 13.1. The van der Waals surface area contributed by atoms with E-state index in [9.17, 15) is 8.78 Å². The lowest BCUT2D eigenvalue weighted by Gasteiger charge is -2.31. The molecular weight excluding hydrogens is 490 g/mol. The summed E-state index contributed by atoms with van der Waals surface area (Å²) in [5.74, 6) is 1.90. The number of hydrogen-bond acceptors (Lipinski definition) is 8. The van der Waals surface area contributed by atoms with Crippen LogP contribution in [0.3, 0.4) is 0 Å². The zero-order valence-electron chi connectivity index (χ0n) is 21.0. The standard InChI is InChI=1S/C27H26F2N8O/c1-16-11-18(3-6-23(16)38-19-4-5-22-20(12-19)33-15-36(22)2)34-26-24-21(31-14-32-26)13-30-27(35-24)37-9-7-17(8-10-37)25(28)29/h3-6,11-15,17,25H,7-10H2,1-2H3,(H,31,32,34). The van der Waals surface area contributed by atoms with Crippen LogP contribution in [-0.2, 0) is 7.05 Å². The molecule has 1 fully saturated rings. The van der Waals surface area contributed by atoms with Gasteiger partial charge in [0.1, 0.15) is 28.9 Å². The highest BCUT2D eigenvalue weighted by Crippen LogP contribution is 2.31. The van der Waals surface area contributed by atoms with Crippen molar-refractivity contribution in [3.8, 4) is 11.5 Å². The highest BCUT2D eigenvalue weighted by Gasteiger charge is 2.27. The Morgan fingerprint density at radius 3 is 2.63 bits per heavy atom. The fraction of sp³-hybridized carbons (Fsp3) is 0.296. The number of aryl methyl sites for hydroxylation is 2. The molecule has 0 atom stereocenters. The van der Waals surface area contributed by atoms with Crippen molar-refractivity contribution in [1.82, 2.24) is 29.5 Å². The molecule has 3 aromatic heterocycles. The van der Waals surface area contributed by atoms with Gasteiger partial charge in [0.2, 0.25) is 12.4 Å². The molecule has 1 N–H and O–H groups in total. The predicted octanol–water partition coefficient (Wildman–Crippen LogP) is 5.63. The first-order valence-electron chi connectivity index (χ1n) is 12.4. The lowest BCUT2D eigenvalue weighted by molar-refractivity contribution is 0.0634. The van der Waals surface area contributed by atoms with E-state index in [4.69, 9.17) is 9.72 Å². The Morgan fingerprint density at radius 2 is 1.84 bits per heavy atom. The molecule has 2 aromatic carbocycles. The minimum Gasteiger partial charge on any atom is -0.457 e. The number of nitrogens with zero attached hydrogens (tertiary/aromatic N) is 7. The average Bonchev–Trinajstić information content (AvgIpc) is 3.30. The molecule has 9 nitrogen and oxygen atoms in total. The molecule has 1 saturated heterocycles. The van der Waals surface area contributed by atoms with Gasteiger partial charge in [-0.2, -0.15) is 0 Å². The number of aromatic nitrogens is 6. The van der Waals surface area contributed by atoms with Crippen LogP contribution in [0, 0.1) is 12.8 Å². The number of nitrogens with one attached hydrogen (secondary N) is 1. The second kappa shape index (κ2) is 9.81. The van der Waals surface area contributed by atoms with Crippen LogP contribution in [0.15, 0.2) is 55.2 Å². The summed E-state index contributed by atoms with van der Waals surface area (Å²) in [6.07, 6.45) is 3.42. The molecular formula is C27H26F2N8O. The van der Waals surface area contributed by atoms with Gasteiger partial charge in [-0.25, -0.2) is 33.7 Å². The summed E-state index contributed by atoms with van der Waals surface area (Å²) in [6.45, 7) is 2.96. The minimum atomic E-state index is -2.29. The predicted molar refractivity (Wildman–Crippen MR) is 141 cm³/mol. The Kier molecular flexibility index (Phi) is 6.18. The van der Waals surface area contributed by atoms with Crippen LogP contribution >= 0.6 is 0 Å². The summed E-state index contributed by atoms with van der Waals surface area (Å²) in [6, 6.07) is 11.6. The summed E-state index contributed by atoms with van der Waals surface area (Å²) >= 11 is 0. The lowest BCUT2D eigenvalue weighted by atomic mass is 9.98. The van der Waals surface area contributed by atoms with Gasteiger partial charge in [0, 0.05) is 37.8 Å². The Morgan fingerprint density at radius 1 is 1.00 bits per heavy atom. The van der Waals surface area contributed by atoms with Gasteiger partial charge in [-0.15, -0.1) is 0 Å². The van der Waals surface area contributed by atoms with Crippen molar-refractivity contribution in [1.29, 1.82) is 0 Å². The number of alkyl halides is 2. The number of rotatable bonds is 6. The molecule has 0 amide bonds. The summed E-state index contributed by atoms with van der Waals surface area (Å²) in [5.41, 5.74) is 4.82. The van der Waals surface area contributed by atoms with E-state index in [0.717, 1.165) is 28.0 Å². The highest BCUT2D eigenvalue weighted by atomic mass is 19.3. The quantitative estimate of drug-likeness (QED) is 0.310. The smallest absolute Gasteiger partial charge is 0.241 e. The van der Waals surface area contributed by atoms with Crippen LogP contribution in [0.25, 0.3) is 22.1 Å². The number of piperidine rings is 1. The SMILES string of the molecule is Cc1cc(Nc2ncnc3cnc(N4CCC(C(F)F)CC4)nc23)ccc1Oc1ccc2c(c1)ncn2C. The van der Waals surface area contributed by atoms with E-state index < -0.39 is 12.3 Å². The number of benzene rings is 2. The van der Waals surface area contributed by atoms with E-state index in [1.54, 1.807) is 12.5 Å². The van der Waals surface area contributed by atoms with Gasteiger partial charge in [0.05, 0.1) is 23.6 Å². The van der Waals surface area contributed by atoms with Crippen molar-refractivity contribution >= 4 is 39.5 Å². The van der Waals surface area contributed by atoms with E-state index >= 15 is 0 Å². The van der Waals surface area contributed by atoms with Gasteiger partial charge >= 0.3 is 0 Å². The van der Waals surface area contributed by atoms with Crippen molar-refractivity contribution in [2.75, 3.05) is 23.3 Å². The lowest BCUT2D eigenvalue weighted by Crippen LogP contribution is -2.36. The molecule has 38 heavy (non-hydrogen) atoms. The molecule has 0 bridgehead atoms. The molecule has 0 unspecified atom stereocenters. The fourth-order valence-electron chi connectivity index (χ4n) is 4.72. The van der Waals surface area contributed by atoms with Gasteiger partial charge in [-0.3, -0.25) is 0 Å². The maximum absolute atomic E-state index is 13.1. The molecule has 1 aliphatic heterocycles. The van der Waals surface area contributed by atoms with Gasteiger partial charge in [0.25, 0.3) is 0 Å². The first-order valence-corrected chi connectivity index (χ1v) is 12.4. The summed E-state index contributed by atoms with van der Waals surface area (Å²) in [4.78, 5) is 24.1. The molecule has 6 rings (SSSR count). The topological polar surface area (TPSA) is 93.9 Å². The summed E-state index contributed by atoms with van der Waals surface area (Å²) in [7, 11) is 1.96. The number of ether oxygens (including phenoxy) is 1. The van der Waals surface area contributed by atoms with E-state index in [0.29, 0.717) is 54.5 Å². The second-order valence-electron chi connectivity index (χ2n) is 9.50. The van der Waals surface area contributed by atoms with Crippen LogP contribution in [-0.4, -0.2) is 49.0 Å². The van der Waals surface area contributed by atoms with E-state index in [-0.39, 0.29) is 0 Å². The molecule has 11 heteroatoms. The first-order chi connectivity index (χ1) is 18.4. The van der Waals surface area contributed by atoms with Crippen LogP contribution < -0.4 is 15.0 Å². The Bertz CT molecular complexity index is 1610. The van der Waals surface area contributed by atoms with Crippen molar-refractivity contribution in [3.63, 3.8) is 0 Å². The minimum absolute atomic E-state index is 0.416. The van der Waals surface area contributed by atoms with Crippen molar-refractivity contribution in [3.05, 3.63) is 60.8 Å².